The number of ether oxygens (including phenoxy) is 1. The molecular weight excluding hydrogens is 247 g/mol. The number of hydrogen-bond acceptors (Lipinski definition) is 5. The van der Waals surface area contributed by atoms with Crippen LogP contribution in [0.1, 0.15) is 26.2 Å². The van der Waals surface area contributed by atoms with E-state index < -0.39 is 0 Å². The van der Waals surface area contributed by atoms with Crippen LogP contribution in [0.5, 0.6) is 0 Å². The molecule has 0 bridgehead atoms. The molecule has 0 aliphatic carbocycles. The molecule has 0 aromatic carbocycles. The van der Waals surface area contributed by atoms with Crippen molar-refractivity contribution in [2.75, 3.05) is 37.0 Å². The number of nitrogens with one attached hydrogen (secondary N) is 1. The molecule has 2 rings (SSSR count). The monoisotopic (exact) mass is 268 g/mol. The summed E-state index contributed by atoms with van der Waals surface area (Å²) in [6, 6.07) is 0. The molecule has 1 atom stereocenters. The Kier molecular flexibility index (Phi) is 4.90. The van der Waals surface area contributed by atoms with Crippen molar-refractivity contribution in [2.45, 2.75) is 32.3 Å². The van der Waals surface area contributed by atoms with Gasteiger partial charge in [-0.15, -0.1) is 0 Å². The quantitative estimate of drug-likeness (QED) is 0.885. The number of piperidine rings is 1. The Hall–Kier alpha value is -1.43. The molecule has 2 heterocycles. The fraction of sp³-hybridized carbons (Fsp3) is 0.692. The van der Waals surface area contributed by atoms with Gasteiger partial charge in [0.1, 0.15) is 0 Å². The largest absolute Gasteiger partial charge is 0.376 e. The van der Waals surface area contributed by atoms with E-state index in [1.165, 1.54) is 6.20 Å². The lowest BCUT2D eigenvalue weighted by Gasteiger charge is -2.33. The van der Waals surface area contributed by atoms with E-state index in [1.54, 1.807) is 7.05 Å². The van der Waals surface area contributed by atoms with Gasteiger partial charge in [-0.1, -0.05) is 6.92 Å². The predicted octanol–water partition coefficient (Wildman–Crippen LogP) is 2.05. The Morgan fingerprint density at radius 1 is 1.58 bits per heavy atom. The zero-order valence-corrected chi connectivity index (χ0v) is 11.5. The highest BCUT2D eigenvalue weighted by Gasteiger charge is 2.23. The van der Waals surface area contributed by atoms with Crippen LogP contribution >= 0.6 is 0 Å². The number of anilines is 2. The predicted molar refractivity (Wildman–Crippen MR) is 73.0 cm³/mol. The van der Waals surface area contributed by atoms with Crippen molar-refractivity contribution in [1.29, 1.82) is 0 Å². The van der Waals surface area contributed by atoms with Crippen LogP contribution in [0.25, 0.3) is 0 Å². The average molecular weight is 268 g/mol. The van der Waals surface area contributed by atoms with E-state index in [0.717, 1.165) is 32.4 Å². The maximum atomic E-state index is 13.8. The van der Waals surface area contributed by atoms with Crippen LogP contribution in [-0.4, -0.2) is 42.8 Å². The van der Waals surface area contributed by atoms with Crippen molar-refractivity contribution in [2.24, 2.45) is 0 Å². The Balaban J connectivity index is 2.08. The van der Waals surface area contributed by atoms with Gasteiger partial charge in [-0.3, -0.25) is 0 Å². The lowest BCUT2D eigenvalue weighted by atomic mass is 10.1. The molecule has 1 N–H and O–H groups in total. The molecule has 1 aliphatic rings. The Bertz CT molecular complexity index is 416. The van der Waals surface area contributed by atoms with E-state index in [0.29, 0.717) is 18.3 Å². The van der Waals surface area contributed by atoms with E-state index >= 15 is 0 Å². The van der Waals surface area contributed by atoms with Gasteiger partial charge in [-0.25, -0.2) is 9.37 Å². The van der Waals surface area contributed by atoms with E-state index in [-0.39, 0.29) is 11.9 Å². The second kappa shape index (κ2) is 6.65. The van der Waals surface area contributed by atoms with Crippen LogP contribution in [0.2, 0.25) is 0 Å². The summed E-state index contributed by atoms with van der Waals surface area (Å²) in [5.41, 5.74) is 0. The highest BCUT2D eigenvalue weighted by Crippen LogP contribution is 2.22. The molecule has 1 aromatic heterocycles. The first-order chi connectivity index (χ1) is 9.24. The van der Waals surface area contributed by atoms with Gasteiger partial charge in [0.2, 0.25) is 5.95 Å². The molecule has 0 spiro atoms. The van der Waals surface area contributed by atoms with Gasteiger partial charge in [0.25, 0.3) is 0 Å². The van der Waals surface area contributed by atoms with Crippen molar-refractivity contribution >= 4 is 11.8 Å². The van der Waals surface area contributed by atoms with Crippen LogP contribution < -0.4 is 10.2 Å². The fourth-order valence-electron chi connectivity index (χ4n) is 2.25. The number of aromatic nitrogens is 2. The third-order valence-electron chi connectivity index (χ3n) is 3.18. The molecule has 1 aliphatic heterocycles. The van der Waals surface area contributed by atoms with Gasteiger partial charge in [-0.2, -0.15) is 4.98 Å². The van der Waals surface area contributed by atoms with Gasteiger partial charge >= 0.3 is 0 Å². The average Bonchev–Trinajstić information content (AvgIpc) is 2.46. The fourth-order valence-corrected chi connectivity index (χ4v) is 2.25. The van der Waals surface area contributed by atoms with Gasteiger partial charge in [0, 0.05) is 26.7 Å². The smallest absolute Gasteiger partial charge is 0.224 e. The normalized spacial score (nSPS) is 19.5. The van der Waals surface area contributed by atoms with Crippen molar-refractivity contribution < 1.29 is 9.13 Å². The maximum absolute atomic E-state index is 13.8. The SMILES string of the molecule is CCCOC1CCCN(c2nc(NC)ncc2F)C1. The van der Waals surface area contributed by atoms with Crippen LogP contribution in [0.3, 0.4) is 0 Å². The topological polar surface area (TPSA) is 50.3 Å². The highest BCUT2D eigenvalue weighted by atomic mass is 19.1. The summed E-state index contributed by atoms with van der Waals surface area (Å²) in [6.45, 7) is 4.34. The van der Waals surface area contributed by atoms with E-state index in [9.17, 15) is 4.39 Å². The minimum Gasteiger partial charge on any atom is -0.376 e. The summed E-state index contributed by atoms with van der Waals surface area (Å²) in [6.07, 6.45) is 4.41. The molecule has 6 heteroatoms. The van der Waals surface area contributed by atoms with Crippen molar-refractivity contribution in [1.82, 2.24) is 9.97 Å². The van der Waals surface area contributed by atoms with Gasteiger partial charge in [0.05, 0.1) is 12.3 Å². The van der Waals surface area contributed by atoms with Crippen LogP contribution in [0.15, 0.2) is 6.20 Å². The first-order valence-electron chi connectivity index (χ1n) is 6.81. The molecule has 0 saturated carbocycles. The molecule has 0 radical (unpaired) electrons. The zero-order chi connectivity index (χ0) is 13.7. The number of nitrogens with zero attached hydrogens (tertiary/aromatic N) is 3. The molecule has 1 saturated heterocycles. The number of halogens is 1. The molecule has 19 heavy (non-hydrogen) atoms. The summed E-state index contributed by atoms with van der Waals surface area (Å²) in [4.78, 5) is 10.0. The molecule has 1 fully saturated rings. The summed E-state index contributed by atoms with van der Waals surface area (Å²) in [5.74, 6) is 0.423. The molecule has 106 valence electrons. The van der Waals surface area contributed by atoms with Crippen molar-refractivity contribution in [3.05, 3.63) is 12.0 Å². The standard InChI is InChI=1S/C13H21FN4O/c1-3-7-19-10-5-4-6-18(9-10)12-11(14)8-16-13(15-2)17-12/h8,10H,3-7,9H2,1-2H3,(H,15,16,17). The minimum absolute atomic E-state index is 0.168. The summed E-state index contributed by atoms with van der Waals surface area (Å²) < 4.78 is 19.6. The Morgan fingerprint density at radius 3 is 3.16 bits per heavy atom. The lowest BCUT2D eigenvalue weighted by Crippen LogP contribution is -2.40. The molecular formula is C13H21FN4O. The molecule has 1 aromatic rings. The van der Waals surface area contributed by atoms with Gasteiger partial charge < -0.3 is 15.0 Å². The lowest BCUT2D eigenvalue weighted by molar-refractivity contribution is 0.0438. The first-order valence-corrected chi connectivity index (χ1v) is 6.81. The van der Waals surface area contributed by atoms with E-state index in [2.05, 4.69) is 22.2 Å². The van der Waals surface area contributed by atoms with Crippen molar-refractivity contribution in [3.63, 3.8) is 0 Å². The Labute approximate surface area is 113 Å². The Morgan fingerprint density at radius 2 is 2.42 bits per heavy atom. The third-order valence-corrected chi connectivity index (χ3v) is 3.18. The molecule has 1 unspecified atom stereocenters. The third kappa shape index (κ3) is 3.53. The van der Waals surface area contributed by atoms with Gasteiger partial charge in [-0.05, 0) is 19.3 Å². The van der Waals surface area contributed by atoms with E-state index in [1.807, 2.05) is 4.90 Å². The van der Waals surface area contributed by atoms with Crippen molar-refractivity contribution in [3.8, 4) is 0 Å². The second-order valence-electron chi connectivity index (χ2n) is 4.70. The molecule has 5 nitrogen and oxygen atoms in total. The van der Waals surface area contributed by atoms with Gasteiger partial charge in [0.15, 0.2) is 11.6 Å². The van der Waals surface area contributed by atoms with E-state index in [4.69, 9.17) is 4.74 Å². The summed E-state index contributed by atoms with van der Waals surface area (Å²) >= 11 is 0. The summed E-state index contributed by atoms with van der Waals surface area (Å²) in [7, 11) is 1.72. The summed E-state index contributed by atoms with van der Waals surface area (Å²) in [5, 5.41) is 2.83. The van der Waals surface area contributed by atoms with Crippen LogP contribution in [0, 0.1) is 5.82 Å². The zero-order valence-electron chi connectivity index (χ0n) is 11.5. The maximum Gasteiger partial charge on any atom is 0.224 e. The van der Waals surface area contributed by atoms with Crippen LogP contribution in [-0.2, 0) is 4.74 Å². The molecule has 0 amide bonds. The van der Waals surface area contributed by atoms with Crippen LogP contribution in [0.4, 0.5) is 16.2 Å². The highest BCUT2D eigenvalue weighted by molar-refractivity contribution is 5.44. The number of rotatable bonds is 5. The second-order valence-corrected chi connectivity index (χ2v) is 4.70. The first kappa shape index (κ1) is 14.0. The minimum atomic E-state index is -0.379. The number of hydrogen-bond donors (Lipinski definition) is 1.